The lowest BCUT2D eigenvalue weighted by atomic mass is 10.4. The molecule has 2 aromatic rings. The molecule has 2 rings (SSSR count). The molecule has 0 radical (unpaired) electrons. The fraction of sp³-hybridized carbons (Fsp3) is 0. The Morgan fingerprint density at radius 1 is 1.12 bits per heavy atom. The summed E-state index contributed by atoms with van der Waals surface area (Å²) >= 11 is 7.38. The van der Waals surface area contributed by atoms with Crippen LogP contribution in [0.15, 0.2) is 52.4 Å². The van der Waals surface area contributed by atoms with Gasteiger partial charge in [0.05, 0.1) is 0 Å². The number of nitrogens with zero attached hydrogens (tertiary/aromatic N) is 2. The van der Waals surface area contributed by atoms with Crippen LogP contribution >= 0.6 is 23.4 Å². The zero-order valence-electron chi connectivity index (χ0n) is 8.22. The van der Waals surface area contributed by atoms with Gasteiger partial charge < -0.3 is 0 Å². The minimum atomic E-state index is 0.430. The van der Waals surface area contributed by atoms with Gasteiger partial charge in [-0.2, -0.15) is 5.26 Å². The molecule has 0 aliphatic heterocycles. The Bertz CT molecular complexity index is 531. The summed E-state index contributed by atoms with van der Waals surface area (Å²) in [4.78, 5) is 6.00. The van der Waals surface area contributed by atoms with Crippen LogP contribution in [0, 0.1) is 11.3 Å². The van der Waals surface area contributed by atoms with Crippen molar-refractivity contribution >= 4 is 23.4 Å². The van der Waals surface area contributed by atoms with Crippen molar-refractivity contribution in [1.29, 1.82) is 5.26 Å². The Balaban J connectivity index is 2.21. The first-order chi connectivity index (χ1) is 7.78. The van der Waals surface area contributed by atoms with Gasteiger partial charge >= 0.3 is 0 Å². The maximum atomic E-state index is 8.73. The third kappa shape index (κ3) is 2.75. The highest BCUT2D eigenvalue weighted by Gasteiger charge is 1.99. The Hall–Kier alpha value is -1.50. The number of nitriles is 1. The van der Waals surface area contributed by atoms with E-state index in [1.54, 1.807) is 24.0 Å². The largest absolute Gasteiger partial charge is 0.245 e. The van der Waals surface area contributed by atoms with E-state index in [0.29, 0.717) is 5.69 Å². The van der Waals surface area contributed by atoms with Crippen LogP contribution in [0.3, 0.4) is 0 Å². The van der Waals surface area contributed by atoms with Crippen LogP contribution in [-0.4, -0.2) is 4.98 Å². The summed E-state index contributed by atoms with van der Waals surface area (Å²) in [6.07, 6.45) is 1.64. The smallest absolute Gasteiger partial charge is 0.141 e. The van der Waals surface area contributed by atoms with Gasteiger partial charge in [0.1, 0.15) is 11.8 Å². The highest BCUT2D eigenvalue weighted by Crippen LogP contribution is 2.28. The average Bonchev–Trinajstić information content (AvgIpc) is 2.32. The van der Waals surface area contributed by atoms with Crippen LogP contribution < -0.4 is 0 Å². The summed E-state index contributed by atoms with van der Waals surface area (Å²) < 4.78 is 0. The van der Waals surface area contributed by atoms with E-state index in [-0.39, 0.29) is 0 Å². The van der Waals surface area contributed by atoms with E-state index in [0.717, 1.165) is 14.8 Å². The van der Waals surface area contributed by atoms with Crippen molar-refractivity contribution in [3.05, 3.63) is 53.3 Å². The van der Waals surface area contributed by atoms with Crippen LogP contribution in [0.2, 0.25) is 5.02 Å². The summed E-state index contributed by atoms with van der Waals surface area (Å²) in [5.41, 5.74) is 0.430. The number of pyridine rings is 1. The summed E-state index contributed by atoms with van der Waals surface area (Å²) in [7, 11) is 0. The van der Waals surface area contributed by atoms with E-state index in [9.17, 15) is 0 Å². The lowest BCUT2D eigenvalue weighted by Crippen LogP contribution is -1.81. The van der Waals surface area contributed by atoms with E-state index in [1.165, 1.54) is 0 Å². The van der Waals surface area contributed by atoms with E-state index in [2.05, 4.69) is 4.98 Å². The van der Waals surface area contributed by atoms with Crippen LogP contribution in [0.4, 0.5) is 0 Å². The summed E-state index contributed by atoms with van der Waals surface area (Å²) in [5, 5.41) is 9.44. The molecule has 0 spiro atoms. The van der Waals surface area contributed by atoms with Crippen molar-refractivity contribution in [2.24, 2.45) is 0 Å². The molecule has 78 valence electrons. The predicted octanol–water partition coefficient (Wildman–Crippen LogP) is 3.76. The SMILES string of the molecule is N#Cc1cc(Sc2ccc(Cl)cc2)ccn1. The molecule has 0 saturated carbocycles. The molecule has 0 bridgehead atoms. The van der Waals surface area contributed by atoms with Gasteiger partial charge in [-0.05, 0) is 36.4 Å². The second-order valence-electron chi connectivity index (χ2n) is 3.04. The molecule has 16 heavy (non-hydrogen) atoms. The van der Waals surface area contributed by atoms with Crippen molar-refractivity contribution in [2.45, 2.75) is 9.79 Å². The minimum absolute atomic E-state index is 0.430. The molecule has 0 saturated heterocycles. The van der Waals surface area contributed by atoms with Gasteiger partial charge in [0.25, 0.3) is 0 Å². The molecule has 2 nitrogen and oxygen atoms in total. The number of rotatable bonds is 2. The van der Waals surface area contributed by atoms with Crippen LogP contribution in [-0.2, 0) is 0 Å². The van der Waals surface area contributed by atoms with Gasteiger partial charge in [-0.3, -0.25) is 0 Å². The highest BCUT2D eigenvalue weighted by molar-refractivity contribution is 7.99. The first-order valence-corrected chi connectivity index (χ1v) is 5.77. The fourth-order valence-corrected chi connectivity index (χ4v) is 2.14. The molecule has 0 aliphatic rings. The molecule has 0 unspecified atom stereocenters. The Labute approximate surface area is 103 Å². The quantitative estimate of drug-likeness (QED) is 0.810. The molecule has 0 aliphatic carbocycles. The van der Waals surface area contributed by atoms with Crippen molar-refractivity contribution < 1.29 is 0 Å². The van der Waals surface area contributed by atoms with Gasteiger partial charge in [-0.1, -0.05) is 23.4 Å². The third-order valence-corrected chi connectivity index (χ3v) is 3.14. The number of hydrogen-bond acceptors (Lipinski definition) is 3. The van der Waals surface area contributed by atoms with Crippen molar-refractivity contribution in [1.82, 2.24) is 4.98 Å². The minimum Gasteiger partial charge on any atom is -0.245 e. The Morgan fingerprint density at radius 3 is 2.56 bits per heavy atom. The Kier molecular flexibility index (Phi) is 3.45. The van der Waals surface area contributed by atoms with Crippen molar-refractivity contribution in [3.63, 3.8) is 0 Å². The fourth-order valence-electron chi connectivity index (χ4n) is 1.17. The van der Waals surface area contributed by atoms with E-state index in [1.807, 2.05) is 36.4 Å². The number of halogens is 1. The molecule has 1 aromatic heterocycles. The van der Waals surface area contributed by atoms with E-state index < -0.39 is 0 Å². The molecular weight excluding hydrogens is 240 g/mol. The van der Waals surface area contributed by atoms with Crippen LogP contribution in [0.25, 0.3) is 0 Å². The second-order valence-corrected chi connectivity index (χ2v) is 4.63. The second kappa shape index (κ2) is 5.02. The first kappa shape index (κ1) is 11.0. The monoisotopic (exact) mass is 246 g/mol. The van der Waals surface area contributed by atoms with E-state index >= 15 is 0 Å². The maximum absolute atomic E-state index is 8.73. The molecule has 1 aromatic carbocycles. The summed E-state index contributed by atoms with van der Waals surface area (Å²) in [6, 6.07) is 13.2. The van der Waals surface area contributed by atoms with Crippen molar-refractivity contribution in [3.8, 4) is 6.07 Å². The van der Waals surface area contributed by atoms with E-state index in [4.69, 9.17) is 16.9 Å². The summed E-state index contributed by atoms with van der Waals surface area (Å²) in [6.45, 7) is 0. The van der Waals surface area contributed by atoms with Crippen molar-refractivity contribution in [2.75, 3.05) is 0 Å². The third-order valence-electron chi connectivity index (χ3n) is 1.90. The number of aromatic nitrogens is 1. The van der Waals surface area contributed by atoms with Gasteiger partial charge in [0.2, 0.25) is 0 Å². The number of benzene rings is 1. The predicted molar refractivity (Wildman–Crippen MR) is 64.5 cm³/mol. The lowest BCUT2D eigenvalue weighted by Gasteiger charge is -2.01. The highest BCUT2D eigenvalue weighted by atomic mass is 35.5. The molecule has 0 amide bonds. The standard InChI is InChI=1S/C12H7ClN2S/c13-9-1-3-11(4-2-9)16-12-5-6-15-10(7-12)8-14/h1-7H. The van der Waals surface area contributed by atoms with Gasteiger partial charge in [0, 0.05) is 21.0 Å². The molecule has 1 heterocycles. The van der Waals surface area contributed by atoms with Crippen LogP contribution in [0.5, 0.6) is 0 Å². The van der Waals surface area contributed by atoms with Crippen LogP contribution in [0.1, 0.15) is 5.69 Å². The molecule has 4 heteroatoms. The van der Waals surface area contributed by atoms with Gasteiger partial charge in [-0.25, -0.2) is 4.98 Å². The normalized spacial score (nSPS) is 9.75. The maximum Gasteiger partial charge on any atom is 0.141 e. The van der Waals surface area contributed by atoms with Gasteiger partial charge in [0.15, 0.2) is 0 Å². The zero-order chi connectivity index (χ0) is 11.4. The number of hydrogen-bond donors (Lipinski definition) is 0. The van der Waals surface area contributed by atoms with Gasteiger partial charge in [-0.15, -0.1) is 0 Å². The Morgan fingerprint density at radius 2 is 1.88 bits per heavy atom. The summed E-state index contributed by atoms with van der Waals surface area (Å²) in [5.74, 6) is 0. The first-order valence-electron chi connectivity index (χ1n) is 4.57. The average molecular weight is 247 g/mol. The zero-order valence-corrected chi connectivity index (χ0v) is 9.79. The molecule has 0 N–H and O–H groups in total. The lowest BCUT2D eigenvalue weighted by molar-refractivity contribution is 1.21. The topological polar surface area (TPSA) is 36.7 Å². The molecule has 0 atom stereocenters. The molecule has 0 fully saturated rings. The molecular formula is C12H7ClN2S.